The fraction of sp³-hybridized carbons (Fsp3) is 0.500. The first-order valence-corrected chi connectivity index (χ1v) is 6.14. The van der Waals surface area contributed by atoms with E-state index in [1.807, 2.05) is 0 Å². The van der Waals surface area contributed by atoms with Crippen LogP contribution in [0.15, 0.2) is 18.5 Å². The maximum absolute atomic E-state index is 11.1. The molecule has 0 saturated heterocycles. The average Bonchev–Trinajstić information content (AvgIpc) is 2.85. The Morgan fingerprint density at radius 1 is 1.58 bits per heavy atom. The fourth-order valence-corrected chi connectivity index (χ4v) is 2.53. The zero-order valence-corrected chi connectivity index (χ0v) is 10.3. The molecule has 2 N–H and O–H groups in total. The van der Waals surface area contributed by atoms with Gasteiger partial charge >= 0.3 is 11.7 Å². The van der Waals surface area contributed by atoms with Gasteiger partial charge in [0.05, 0.1) is 10.8 Å². The van der Waals surface area contributed by atoms with Crippen molar-refractivity contribution in [2.24, 2.45) is 11.8 Å². The summed E-state index contributed by atoms with van der Waals surface area (Å²) in [6.45, 7) is 0.432. The number of hydrogen-bond acceptors (Lipinski definition) is 5. The number of nitrogens with zero attached hydrogens (tertiary/aromatic N) is 2. The van der Waals surface area contributed by atoms with E-state index in [-0.39, 0.29) is 17.5 Å². The first kappa shape index (κ1) is 13.3. The summed E-state index contributed by atoms with van der Waals surface area (Å²) < 4.78 is 0. The lowest BCUT2D eigenvalue weighted by atomic mass is 9.96. The maximum atomic E-state index is 11.1. The van der Waals surface area contributed by atoms with Crippen molar-refractivity contribution in [3.63, 3.8) is 0 Å². The van der Waals surface area contributed by atoms with Gasteiger partial charge in [-0.05, 0) is 24.8 Å². The molecule has 0 aromatic carbocycles. The van der Waals surface area contributed by atoms with Gasteiger partial charge in [-0.3, -0.25) is 19.9 Å². The van der Waals surface area contributed by atoms with E-state index < -0.39 is 10.9 Å². The molecule has 1 fully saturated rings. The zero-order valence-electron chi connectivity index (χ0n) is 10.3. The Bertz CT molecular complexity index is 492. The number of carboxylic acids is 1. The van der Waals surface area contributed by atoms with Crippen molar-refractivity contribution >= 4 is 17.3 Å². The number of pyridine rings is 1. The van der Waals surface area contributed by atoms with Gasteiger partial charge in [0.15, 0.2) is 0 Å². The van der Waals surface area contributed by atoms with Gasteiger partial charge in [0.1, 0.15) is 11.9 Å². The minimum absolute atomic E-state index is 0.0188. The van der Waals surface area contributed by atoms with Crippen LogP contribution in [0.5, 0.6) is 0 Å². The predicted octanol–water partition coefficient (Wildman–Crippen LogP) is 1.90. The molecule has 1 heterocycles. The maximum Gasteiger partial charge on any atom is 0.310 e. The number of rotatable bonds is 5. The smallest absolute Gasteiger partial charge is 0.310 e. The minimum atomic E-state index is -0.784. The lowest BCUT2D eigenvalue weighted by molar-refractivity contribution is -0.384. The average molecular weight is 265 g/mol. The highest BCUT2D eigenvalue weighted by Crippen LogP contribution is 2.32. The quantitative estimate of drug-likeness (QED) is 0.622. The van der Waals surface area contributed by atoms with Crippen molar-refractivity contribution in [2.45, 2.75) is 19.3 Å². The van der Waals surface area contributed by atoms with Gasteiger partial charge < -0.3 is 10.4 Å². The summed E-state index contributed by atoms with van der Waals surface area (Å²) in [6, 6.07) is 1.53. The standard InChI is InChI=1S/C12H15N3O4/c16-12(17)9-3-1-2-8(9)6-14-10-4-5-13-7-11(10)15(18)19/h4-5,7-9H,1-3,6H2,(H,13,14)(H,16,17). The first-order chi connectivity index (χ1) is 9.09. The summed E-state index contributed by atoms with van der Waals surface area (Å²) in [6.07, 6.45) is 5.06. The molecule has 2 atom stereocenters. The summed E-state index contributed by atoms with van der Waals surface area (Å²) in [5, 5.41) is 22.9. The van der Waals surface area contributed by atoms with Crippen molar-refractivity contribution < 1.29 is 14.8 Å². The second-order valence-corrected chi connectivity index (χ2v) is 4.67. The fourth-order valence-electron chi connectivity index (χ4n) is 2.53. The molecular weight excluding hydrogens is 250 g/mol. The van der Waals surface area contributed by atoms with Gasteiger partial charge in [-0.2, -0.15) is 0 Å². The Morgan fingerprint density at radius 2 is 2.37 bits per heavy atom. The molecule has 0 spiro atoms. The highest BCUT2D eigenvalue weighted by Gasteiger charge is 2.32. The summed E-state index contributed by atoms with van der Waals surface area (Å²) in [4.78, 5) is 25.1. The number of nitrogens with one attached hydrogen (secondary N) is 1. The summed E-state index contributed by atoms with van der Waals surface area (Å²) in [5.41, 5.74) is 0.295. The largest absolute Gasteiger partial charge is 0.481 e. The van der Waals surface area contributed by atoms with Crippen LogP contribution in [0.25, 0.3) is 0 Å². The molecule has 2 unspecified atom stereocenters. The van der Waals surface area contributed by atoms with Crippen LogP contribution in [-0.4, -0.2) is 27.5 Å². The van der Waals surface area contributed by atoms with Crippen LogP contribution in [-0.2, 0) is 4.79 Å². The van der Waals surface area contributed by atoms with Crippen LogP contribution in [0, 0.1) is 22.0 Å². The van der Waals surface area contributed by atoms with E-state index in [4.69, 9.17) is 5.11 Å². The highest BCUT2D eigenvalue weighted by atomic mass is 16.6. The summed E-state index contributed by atoms with van der Waals surface area (Å²) >= 11 is 0. The number of aliphatic carboxylic acids is 1. The molecule has 1 aromatic heterocycles. The predicted molar refractivity (Wildman–Crippen MR) is 67.8 cm³/mol. The van der Waals surface area contributed by atoms with Crippen LogP contribution in [0.3, 0.4) is 0 Å². The third-order valence-electron chi connectivity index (χ3n) is 3.53. The van der Waals surface area contributed by atoms with E-state index in [0.29, 0.717) is 18.7 Å². The first-order valence-electron chi connectivity index (χ1n) is 6.14. The topological polar surface area (TPSA) is 105 Å². The van der Waals surface area contributed by atoms with Crippen LogP contribution in [0.1, 0.15) is 19.3 Å². The Labute approximate surface area is 109 Å². The Balaban J connectivity index is 2.03. The zero-order chi connectivity index (χ0) is 13.8. The molecule has 1 aliphatic rings. The molecule has 102 valence electrons. The number of carboxylic acid groups (broad SMARTS) is 1. The second kappa shape index (κ2) is 5.64. The number of hydrogen-bond donors (Lipinski definition) is 2. The monoisotopic (exact) mass is 265 g/mol. The molecule has 7 heteroatoms. The number of carbonyl (C=O) groups is 1. The molecular formula is C12H15N3O4. The third-order valence-corrected chi connectivity index (χ3v) is 3.53. The molecule has 19 heavy (non-hydrogen) atoms. The van der Waals surface area contributed by atoms with E-state index in [1.165, 1.54) is 18.5 Å². The van der Waals surface area contributed by atoms with E-state index in [9.17, 15) is 14.9 Å². The van der Waals surface area contributed by atoms with Gasteiger partial charge in [-0.1, -0.05) is 6.42 Å². The Kier molecular flexibility index (Phi) is 3.94. The normalized spacial score (nSPS) is 22.1. The summed E-state index contributed by atoms with van der Waals surface area (Å²) in [7, 11) is 0. The van der Waals surface area contributed by atoms with Crippen LogP contribution >= 0.6 is 0 Å². The van der Waals surface area contributed by atoms with Crippen LogP contribution in [0.2, 0.25) is 0 Å². The van der Waals surface area contributed by atoms with Crippen molar-refractivity contribution in [1.29, 1.82) is 0 Å². The van der Waals surface area contributed by atoms with E-state index in [2.05, 4.69) is 10.3 Å². The van der Waals surface area contributed by atoms with Crippen LogP contribution < -0.4 is 5.32 Å². The molecule has 0 bridgehead atoms. The van der Waals surface area contributed by atoms with Crippen molar-refractivity contribution in [1.82, 2.24) is 4.98 Å². The minimum Gasteiger partial charge on any atom is -0.481 e. The number of aromatic nitrogens is 1. The summed E-state index contributed by atoms with van der Waals surface area (Å²) in [5.74, 6) is -1.12. The van der Waals surface area contributed by atoms with Crippen LogP contribution in [0.4, 0.5) is 11.4 Å². The number of nitro groups is 1. The Hall–Kier alpha value is -2.18. The van der Waals surface area contributed by atoms with Gasteiger partial charge in [-0.15, -0.1) is 0 Å². The molecule has 2 rings (SSSR count). The van der Waals surface area contributed by atoms with Crippen molar-refractivity contribution in [3.05, 3.63) is 28.6 Å². The molecule has 0 aliphatic heterocycles. The van der Waals surface area contributed by atoms with E-state index in [1.54, 1.807) is 0 Å². The van der Waals surface area contributed by atoms with Crippen molar-refractivity contribution in [2.75, 3.05) is 11.9 Å². The van der Waals surface area contributed by atoms with Gasteiger partial charge in [0, 0.05) is 12.7 Å². The lowest BCUT2D eigenvalue weighted by Gasteiger charge is -2.16. The van der Waals surface area contributed by atoms with E-state index >= 15 is 0 Å². The molecule has 0 radical (unpaired) electrons. The Morgan fingerprint density at radius 3 is 3.05 bits per heavy atom. The third kappa shape index (κ3) is 2.98. The lowest BCUT2D eigenvalue weighted by Crippen LogP contribution is -2.24. The molecule has 1 saturated carbocycles. The van der Waals surface area contributed by atoms with Gasteiger partial charge in [0.2, 0.25) is 0 Å². The van der Waals surface area contributed by atoms with Gasteiger partial charge in [-0.25, -0.2) is 0 Å². The molecule has 0 amide bonds. The highest BCUT2D eigenvalue weighted by molar-refractivity contribution is 5.71. The molecule has 1 aromatic rings. The molecule has 1 aliphatic carbocycles. The SMILES string of the molecule is O=C(O)C1CCCC1CNc1ccncc1[N+](=O)[O-]. The molecule has 7 nitrogen and oxygen atoms in total. The van der Waals surface area contributed by atoms with Crippen molar-refractivity contribution in [3.8, 4) is 0 Å². The van der Waals surface area contributed by atoms with E-state index in [0.717, 1.165) is 12.8 Å². The number of anilines is 1. The second-order valence-electron chi connectivity index (χ2n) is 4.67. The van der Waals surface area contributed by atoms with Gasteiger partial charge in [0.25, 0.3) is 0 Å².